The van der Waals surface area contributed by atoms with Gasteiger partial charge < -0.3 is 4.90 Å². The lowest BCUT2D eigenvalue weighted by Crippen LogP contribution is -3.15. The van der Waals surface area contributed by atoms with Crippen molar-refractivity contribution in [1.29, 1.82) is 0 Å². The lowest BCUT2D eigenvalue weighted by Gasteiger charge is -2.34. The number of hydrogen-bond donors (Lipinski definition) is 2. The van der Waals surface area contributed by atoms with Crippen LogP contribution in [0.3, 0.4) is 0 Å². The first-order valence-corrected chi connectivity index (χ1v) is 9.70. The second-order valence-electron chi connectivity index (χ2n) is 7.16. The standard InChI is InChI=1S/C17H28N2O2S/c1-17(2,14-19(3)15-10-6-4-7-11-15)18-22(20,21)16-12-8-5-9-13-16/h5,8-9,12-13,15,18H,4,6-7,10-11,14H2,1-3H3/p+1. The van der Waals surface area contributed by atoms with E-state index in [-0.39, 0.29) is 0 Å². The van der Waals surface area contributed by atoms with Crippen LogP contribution < -0.4 is 9.62 Å². The Morgan fingerprint density at radius 3 is 2.32 bits per heavy atom. The molecule has 1 saturated carbocycles. The molecule has 1 aliphatic carbocycles. The zero-order chi connectivity index (χ0) is 16.2. The molecule has 1 aromatic carbocycles. The van der Waals surface area contributed by atoms with Gasteiger partial charge >= 0.3 is 0 Å². The Labute approximate surface area is 135 Å². The van der Waals surface area contributed by atoms with Gasteiger partial charge in [-0.15, -0.1) is 0 Å². The molecule has 0 amide bonds. The zero-order valence-electron chi connectivity index (χ0n) is 13.9. The number of benzene rings is 1. The molecular weight excluding hydrogens is 296 g/mol. The highest BCUT2D eigenvalue weighted by Crippen LogP contribution is 2.16. The topological polar surface area (TPSA) is 50.6 Å². The lowest BCUT2D eigenvalue weighted by atomic mass is 9.93. The van der Waals surface area contributed by atoms with Crippen molar-refractivity contribution in [1.82, 2.24) is 4.72 Å². The molecular formula is C17H29N2O2S+. The first kappa shape index (κ1) is 17.4. The average molecular weight is 325 g/mol. The molecule has 1 aromatic rings. The highest BCUT2D eigenvalue weighted by molar-refractivity contribution is 7.89. The molecule has 5 heteroatoms. The maximum Gasteiger partial charge on any atom is 0.241 e. The highest BCUT2D eigenvalue weighted by atomic mass is 32.2. The monoisotopic (exact) mass is 325 g/mol. The van der Waals surface area contributed by atoms with Crippen LogP contribution in [0.15, 0.2) is 35.2 Å². The van der Waals surface area contributed by atoms with Gasteiger partial charge in [0.2, 0.25) is 10.0 Å². The molecule has 0 aliphatic heterocycles. The van der Waals surface area contributed by atoms with Crippen LogP contribution in [0.1, 0.15) is 46.0 Å². The van der Waals surface area contributed by atoms with Crippen molar-refractivity contribution in [3.05, 3.63) is 30.3 Å². The van der Waals surface area contributed by atoms with Gasteiger partial charge in [-0.3, -0.25) is 0 Å². The van der Waals surface area contributed by atoms with Crippen LogP contribution in [0.4, 0.5) is 0 Å². The number of sulfonamides is 1. The largest absolute Gasteiger partial charge is 0.333 e. The van der Waals surface area contributed by atoms with Crippen LogP contribution in [0.25, 0.3) is 0 Å². The molecule has 1 atom stereocenters. The van der Waals surface area contributed by atoms with Gasteiger partial charge in [0, 0.05) is 0 Å². The molecule has 0 bridgehead atoms. The summed E-state index contributed by atoms with van der Waals surface area (Å²) in [6.45, 7) is 4.74. The summed E-state index contributed by atoms with van der Waals surface area (Å²) in [6, 6.07) is 9.26. The molecule has 0 aromatic heterocycles. The molecule has 4 nitrogen and oxygen atoms in total. The number of rotatable bonds is 6. The van der Waals surface area contributed by atoms with Gasteiger partial charge in [-0.2, -0.15) is 4.72 Å². The Hall–Kier alpha value is -0.910. The second-order valence-corrected chi connectivity index (χ2v) is 8.84. The van der Waals surface area contributed by atoms with Crippen molar-refractivity contribution < 1.29 is 13.3 Å². The first-order chi connectivity index (χ1) is 10.3. The number of hydrogen-bond acceptors (Lipinski definition) is 2. The Bertz CT molecular complexity index is 564. The molecule has 0 radical (unpaired) electrons. The van der Waals surface area contributed by atoms with Gasteiger partial charge in [-0.25, -0.2) is 8.42 Å². The average Bonchev–Trinajstić information content (AvgIpc) is 2.47. The number of nitrogens with one attached hydrogen (secondary N) is 2. The molecule has 1 fully saturated rings. The number of quaternary nitrogens is 1. The summed E-state index contributed by atoms with van der Waals surface area (Å²) in [6.07, 6.45) is 6.46. The fraction of sp³-hybridized carbons (Fsp3) is 0.647. The lowest BCUT2D eigenvalue weighted by molar-refractivity contribution is -0.910. The maximum atomic E-state index is 12.5. The first-order valence-electron chi connectivity index (χ1n) is 8.21. The predicted octanol–water partition coefficient (Wildman–Crippen LogP) is 1.59. The van der Waals surface area contributed by atoms with Gasteiger partial charge in [0.15, 0.2) is 0 Å². The Morgan fingerprint density at radius 2 is 1.73 bits per heavy atom. The van der Waals surface area contributed by atoms with E-state index in [2.05, 4.69) is 11.8 Å². The van der Waals surface area contributed by atoms with Crippen molar-refractivity contribution in [2.24, 2.45) is 0 Å². The molecule has 124 valence electrons. The van der Waals surface area contributed by atoms with E-state index in [1.807, 2.05) is 19.9 Å². The van der Waals surface area contributed by atoms with Gasteiger partial charge in [0.25, 0.3) is 0 Å². The van der Waals surface area contributed by atoms with Crippen molar-refractivity contribution in [2.45, 2.75) is 62.4 Å². The van der Waals surface area contributed by atoms with Crippen LogP contribution in [0.5, 0.6) is 0 Å². The summed E-state index contributed by atoms with van der Waals surface area (Å²) in [7, 11) is -1.27. The van der Waals surface area contributed by atoms with E-state index in [9.17, 15) is 8.42 Å². The SMILES string of the molecule is C[NH+](CC(C)(C)NS(=O)(=O)c1ccccc1)C1CCCCC1. The van der Waals surface area contributed by atoms with E-state index < -0.39 is 15.6 Å². The van der Waals surface area contributed by atoms with Crippen LogP contribution >= 0.6 is 0 Å². The highest BCUT2D eigenvalue weighted by Gasteiger charge is 2.32. The van der Waals surface area contributed by atoms with Gasteiger partial charge in [0.05, 0.1) is 30.1 Å². The normalized spacial score (nSPS) is 19.0. The van der Waals surface area contributed by atoms with Crippen LogP contribution in [0.2, 0.25) is 0 Å². The van der Waals surface area contributed by atoms with Crippen LogP contribution in [-0.2, 0) is 10.0 Å². The van der Waals surface area contributed by atoms with Crippen molar-refractivity contribution in [3.63, 3.8) is 0 Å². The van der Waals surface area contributed by atoms with E-state index in [4.69, 9.17) is 0 Å². The van der Waals surface area contributed by atoms with Gasteiger partial charge in [0.1, 0.15) is 0 Å². The van der Waals surface area contributed by atoms with E-state index in [0.717, 1.165) is 6.54 Å². The minimum atomic E-state index is -3.46. The smallest absolute Gasteiger partial charge is 0.241 e. The third kappa shape index (κ3) is 4.80. The van der Waals surface area contributed by atoms with E-state index >= 15 is 0 Å². The fourth-order valence-electron chi connectivity index (χ4n) is 3.50. The molecule has 1 unspecified atom stereocenters. The summed E-state index contributed by atoms with van der Waals surface area (Å²) in [5.74, 6) is 0. The summed E-state index contributed by atoms with van der Waals surface area (Å²) in [4.78, 5) is 1.76. The summed E-state index contributed by atoms with van der Waals surface area (Å²) in [5, 5.41) is 0. The van der Waals surface area contributed by atoms with E-state index in [0.29, 0.717) is 10.9 Å². The minimum Gasteiger partial charge on any atom is -0.333 e. The Balaban J connectivity index is 2.00. The molecule has 0 heterocycles. The summed E-state index contributed by atoms with van der Waals surface area (Å²) in [5.41, 5.74) is -0.462. The predicted molar refractivity (Wildman–Crippen MR) is 89.5 cm³/mol. The van der Waals surface area contributed by atoms with Gasteiger partial charge in [-0.05, 0) is 51.7 Å². The fourth-order valence-corrected chi connectivity index (χ4v) is 4.93. The van der Waals surface area contributed by atoms with Crippen molar-refractivity contribution in [3.8, 4) is 0 Å². The minimum absolute atomic E-state index is 0.332. The molecule has 2 N–H and O–H groups in total. The summed E-state index contributed by atoms with van der Waals surface area (Å²) < 4.78 is 27.8. The third-order valence-corrected chi connectivity index (χ3v) is 6.20. The third-order valence-electron chi connectivity index (χ3n) is 4.49. The molecule has 0 saturated heterocycles. The van der Waals surface area contributed by atoms with Crippen molar-refractivity contribution in [2.75, 3.05) is 13.6 Å². The van der Waals surface area contributed by atoms with Crippen molar-refractivity contribution >= 4 is 10.0 Å². The Morgan fingerprint density at radius 1 is 1.14 bits per heavy atom. The van der Waals surface area contributed by atoms with E-state index in [1.54, 1.807) is 24.3 Å². The van der Waals surface area contributed by atoms with E-state index in [1.165, 1.54) is 37.0 Å². The molecule has 1 aliphatic rings. The van der Waals surface area contributed by atoms with Gasteiger partial charge in [-0.1, -0.05) is 24.6 Å². The quantitative estimate of drug-likeness (QED) is 0.834. The maximum absolute atomic E-state index is 12.5. The molecule has 2 rings (SSSR count). The molecule has 22 heavy (non-hydrogen) atoms. The second kappa shape index (κ2) is 7.11. The van der Waals surface area contributed by atoms with Crippen LogP contribution in [-0.4, -0.2) is 33.6 Å². The van der Waals surface area contributed by atoms with Crippen LogP contribution in [0, 0.1) is 0 Å². The summed E-state index contributed by atoms with van der Waals surface area (Å²) >= 11 is 0. The zero-order valence-corrected chi connectivity index (χ0v) is 14.7. The Kier molecular flexibility index (Phi) is 5.64. The molecule has 0 spiro atoms. The number of likely N-dealkylation sites (N-methyl/N-ethyl adjacent to an activating group) is 1.